The first kappa shape index (κ1) is 22.9. The van der Waals surface area contributed by atoms with Crippen LogP contribution in [0.15, 0.2) is 4.90 Å². The SMILES string of the molecule is Cc1c(C)c(S(=O)(=O)NC(=N)NCCC[C@@H]2NC(=O)OC2=O)c(C)c2c1OC(C)(C)C2. The van der Waals surface area contributed by atoms with Crippen LogP contribution in [0.2, 0.25) is 0 Å². The predicted molar refractivity (Wildman–Crippen MR) is 113 cm³/mol. The third kappa shape index (κ3) is 4.60. The zero-order valence-corrected chi connectivity index (χ0v) is 19.1. The molecule has 0 radical (unpaired) electrons. The van der Waals surface area contributed by atoms with Gasteiger partial charge in [-0.2, -0.15) is 0 Å². The van der Waals surface area contributed by atoms with Gasteiger partial charge in [-0.1, -0.05) is 0 Å². The zero-order chi connectivity index (χ0) is 23.1. The van der Waals surface area contributed by atoms with Crippen molar-refractivity contribution >= 4 is 28.0 Å². The van der Waals surface area contributed by atoms with E-state index >= 15 is 0 Å². The van der Waals surface area contributed by atoms with Crippen LogP contribution in [-0.4, -0.2) is 44.6 Å². The fourth-order valence-corrected chi connectivity index (χ4v) is 5.50. The molecule has 1 fully saturated rings. The molecule has 1 amide bonds. The molecule has 1 saturated heterocycles. The van der Waals surface area contributed by atoms with Gasteiger partial charge in [-0.15, -0.1) is 0 Å². The minimum atomic E-state index is -3.99. The Labute approximate surface area is 181 Å². The first-order valence-corrected chi connectivity index (χ1v) is 11.5. The summed E-state index contributed by atoms with van der Waals surface area (Å²) in [6.45, 7) is 9.50. The fraction of sp³-hybridized carbons (Fsp3) is 0.550. The zero-order valence-electron chi connectivity index (χ0n) is 18.3. The summed E-state index contributed by atoms with van der Waals surface area (Å²) in [4.78, 5) is 22.6. The number of carbonyl (C=O) groups is 2. The third-order valence-electron chi connectivity index (χ3n) is 5.54. The van der Waals surface area contributed by atoms with E-state index in [1.54, 1.807) is 13.8 Å². The first-order valence-electron chi connectivity index (χ1n) is 10.0. The molecule has 11 heteroatoms. The summed E-state index contributed by atoms with van der Waals surface area (Å²) >= 11 is 0. The van der Waals surface area contributed by atoms with Crippen LogP contribution in [0.3, 0.4) is 0 Å². The summed E-state index contributed by atoms with van der Waals surface area (Å²) in [6, 6.07) is -0.716. The van der Waals surface area contributed by atoms with Gasteiger partial charge in [0.15, 0.2) is 0 Å². The van der Waals surface area contributed by atoms with E-state index in [-0.39, 0.29) is 17.4 Å². The molecular formula is C20H28N4O6S. The second-order valence-electron chi connectivity index (χ2n) is 8.51. The van der Waals surface area contributed by atoms with Crippen LogP contribution in [0.4, 0.5) is 4.79 Å². The number of hydrogen-bond donors (Lipinski definition) is 4. The van der Waals surface area contributed by atoms with Crippen molar-refractivity contribution < 1.29 is 27.5 Å². The highest BCUT2D eigenvalue weighted by atomic mass is 32.2. The molecule has 31 heavy (non-hydrogen) atoms. The maximum Gasteiger partial charge on any atom is 0.415 e. The molecule has 4 N–H and O–H groups in total. The van der Waals surface area contributed by atoms with Gasteiger partial charge in [-0.3, -0.25) is 5.41 Å². The number of rotatable bonds is 6. The number of nitrogens with one attached hydrogen (secondary N) is 4. The van der Waals surface area contributed by atoms with E-state index in [1.807, 2.05) is 20.8 Å². The minimum Gasteiger partial charge on any atom is -0.487 e. The van der Waals surface area contributed by atoms with Gasteiger partial charge in [0.05, 0.1) is 4.90 Å². The Morgan fingerprint density at radius 2 is 1.87 bits per heavy atom. The van der Waals surface area contributed by atoms with Crippen LogP contribution in [0, 0.1) is 26.2 Å². The van der Waals surface area contributed by atoms with Gasteiger partial charge in [-0.05, 0) is 64.2 Å². The van der Waals surface area contributed by atoms with Gasteiger partial charge in [0.25, 0.3) is 10.0 Å². The highest BCUT2D eigenvalue weighted by molar-refractivity contribution is 7.90. The number of amides is 1. The fourth-order valence-electron chi connectivity index (χ4n) is 3.97. The van der Waals surface area contributed by atoms with Gasteiger partial charge >= 0.3 is 12.1 Å². The quantitative estimate of drug-likeness (QED) is 0.168. The van der Waals surface area contributed by atoms with Crippen LogP contribution in [0.25, 0.3) is 0 Å². The predicted octanol–water partition coefficient (Wildman–Crippen LogP) is 1.54. The summed E-state index contributed by atoms with van der Waals surface area (Å²) in [5.74, 6) is -0.262. The molecule has 2 aliphatic heterocycles. The summed E-state index contributed by atoms with van der Waals surface area (Å²) < 4.78 is 38.9. The maximum atomic E-state index is 13.1. The summed E-state index contributed by atoms with van der Waals surface area (Å²) in [7, 11) is -3.99. The standard InChI is InChI=1S/C20H28N4O6S/c1-10-11(2)16(12(3)13-9-20(4,5)30-15(10)13)31(27,28)24-18(21)22-8-6-7-14-17(25)29-19(26)23-14/h14H,6-9H2,1-5H3,(H,23,26)(H3,21,22,24)/t14-/m0/s1. The van der Waals surface area contributed by atoms with Crippen molar-refractivity contribution in [3.05, 3.63) is 22.3 Å². The van der Waals surface area contributed by atoms with Crippen LogP contribution in [0.5, 0.6) is 5.75 Å². The Kier molecular flexibility index (Phi) is 5.92. The number of benzene rings is 1. The van der Waals surface area contributed by atoms with Crippen molar-refractivity contribution in [3.63, 3.8) is 0 Å². The smallest absolute Gasteiger partial charge is 0.415 e. The summed E-state index contributed by atoms with van der Waals surface area (Å²) in [5, 5.41) is 13.0. The highest BCUT2D eigenvalue weighted by Crippen LogP contribution is 2.43. The molecule has 1 aromatic carbocycles. The van der Waals surface area contributed by atoms with Gasteiger partial charge in [-0.25, -0.2) is 22.7 Å². The number of hydrogen-bond acceptors (Lipinski definition) is 7. The molecule has 0 unspecified atom stereocenters. The lowest BCUT2D eigenvalue weighted by Gasteiger charge is -2.19. The second-order valence-corrected chi connectivity index (χ2v) is 10.1. The van der Waals surface area contributed by atoms with Crippen molar-refractivity contribution in [1.82, 2.24) is 15.4 Å². The average molecular weight is 453 g/mol. The molecule has 2 aliphatic rings. The Balaban J connectivity index is 1.66. The molecule has 0 bridgehead atoms. The van der Waals surface area contributed by atoms with E-state index in [0.29, 0.717) is 30.4 Å². The largest absolute Gasteiger partial charge is 0.487 e. The molecule has 10 nitrogen and oxygen atoms in total. The molecule has 3 rings (SSSR count). The van der Waals surface area contributed by atoms with Crippen molar-refractivity contribution in [2.75, 3.05) is 6.54 Å². The van der Waals surface area contributed by atoms with Gasteiger partial charge < -0.3 is 20.1 Å². The van der Waals surface area contributed by atoms with Gasteiger partial charge in [0.2, 0.25) is 5.96 Å². The molecule has 1 aromatic rings. The number of esters is 1. The topological polar surface area (TPSA) is 147 Å². The van der Waals surface area contributed by atoms with E-state index in [1.165, 1.54) is 0 Å². The number of cyclic esters (lactones) is 2. The molecule has 0 aliphatic carbocycles. The first-order chi connectivity index (χ1) is 14.3. The number of guanidine groups is 1. The van der Waals surface area contributed by atoms with E-state index in [0.717, 1.165) is 16.9 Å². The van der Waals surface area contributed by atoms with Crippen LogP contribution in [0.1, 0.15) is 48.9 Å². The van der Waals surface area contributed by atoms with Crippen molar-refractivity contribution in [1.29, 1.82) is 5.41 Å². The third-order valence-corrected chi connectivity index (χ3v) is 7.16. The van der Waals surface area contributed by atoms with E-state index in [2.05, 4.69) is 20.1 Å². The molecule has 0 aromatic heterocycles. The number of ether oxygens (including phenoxy) is 2. The second kappa shape index (κ2) is 8.03. The molecule has 0 spiro atoms. The van der Waals surface area contributed by atoms with Gasteiger partial charge in [0, 0.05) is 18.5 Å². The Hall–Kier alpha value is -2.82. The molecule has 0 saturated carbocycles. The van der Waals surface area contributed by atoms with Crippen molar-refractivity contribution in [2.45, 2.75) is 70.4 Å². The van der Waals surface area contributed by atoms with E-state index in [9.17, 15) is 18.0 Å². The highest BCUT2D eigenvalue weighted by Gasteiger charge is 2.37. The van der Waals surface area contributed by atoms with Crippen molar-refractivity contribution in [2.24, 2.45) is 0 Å². The van der Waals surface area contributed by atoms with Crippen LogP contribution < -0.4 is 20.1 Å². The van der Waals surface area contributed by atoms with Gasteiger partial charge in [0.1, 0.15) is 17.4 Å². The Bertz CT molecular complexity index is 1060. The van der Waals surface area contributed by atoms with E-state index in [4.69, 9.17) is 10.1 Å². The monoisotopic (exact) mass is 452 g/mol. The lowest BCUT2D eigenvalue weighted by atomic mass is 9.94. The Morgan fingerprint density at radius 3 is 2.48 bits per heavy atom. The average Bonchev–Trinajstić information content (AvgIpc) is 3.14. The lowest BCUT2D eigenvalue weighted by molar-refractivity contribution is -0.135. The molecule has 1 atom stereocenters. The number of sulfonamides is 1. The maximum absolute atomic E-state index is 13.1. The normalized spacial score (nSPS) is 19.3. The number of alkyl carbamates (subject to hydrolysis) is 1. The summed E-state index contributed by atoms with van der Waals surface area (Å²) in [5.41, 5.74) is 2.46. The lowest BCUT2D eigenvalue weighted by Crippen LogP contribution is -2.41. The molecule has 2 heterocycles. The van der Waals surface area contributed by atoms with Crippen LogP contribution >= 0.6 is 0 Å². The van der Waals surface area contributed by atoms with E-state index < -0.39 is 33.7 Å². The summed E-state index contributed by atoms with van der Waals surface area (Å²) in [6.07, 6.45) is 0.572. The molecule has 170 valence electrons. The van der Waals surface area contributed by atoms with Crippen molar-refractivity contribution in [3.8, 4) is 5.75 Å². The molecular weight excluding hydrogens is 424 g/mol. The minimum absolute atomic E-state index is 0.160. The van der Waals surface area contributed by atoms with Crippen LogP contribution in [-0.2, 0) is 26.0 Å². The number of fused-ring (bicyclic) bond motifs is 1. The number of carbonyl (C=O) groups excluding carboxylic acids is 2. The Morgan fingerprint density at radius 1 is 1.19 bits per heavy atom.